The smallest absolute Gasteiger partial charge is 0.251 e. The van der Waals surface area contributed by atoms with Gasteiger partial charge in [-0.2, -0.15) is 0 Å². The Morgan fingerprint density at radius 1 is 1.23 bits per heavy atom. The first-order chi connectivity index (χ1) is 14.9. The van der Waals surface area contributed by atoms with Crippen molar-refractivity contribution in [3.8, 4) is 11.3 Å². The van der Waals surface area contributed by atoms with Gasteiger partial charge in [-0.3, -0.25) is 9.59 Å². The van der Waals surface area contributed by atoms with Crippen molar-refractivity contribution in [3.63, 3.8) is 0 Å². The minimum Gasteiger partial charge on any atom is -0.374 e. The number of benzene rings is 1. The van der Waals surface area contributed by atoms with Gasteiger partial charge in [0.05, 0.1) is 24.1 Å². The van der Waals surface area contributed by atoms with Crippen molar-refractivity contribution >= 4 is 17.5 Å². The average molecular weight is 421 g/mol. The van der Waals surface area contributed by atoms with Crippen LogP contribution in [-0.4, -0.2) is 58.9 Å². The highest BCUT2D eigenvalue weighted by atomic mass is 16.5. The molecule has 1 fully saturated rings. The zero-order chi connectivity index (χ0) is 22.1. The number of aromatic nitrogens is 2. The molecule has 1 atom stereocenters. The summed E-state index contributed by atoms with van der Waals surface area (Å²) in [5.74, 6) is -0.0386. The topological polar surface area (TPSA) is 75.9 Å². The van der Waals surface area contributed by atoms with Crippen molar-refractivity contribution in [2.75, 3.05) is 26.7 Å². The van der Waals surface area contributed by atoms with Crippen LogP contribution in [0.3, 0.4) is 0 Å². The molecule has 1 saturated heterocycles. The number of rotatable bonds is 4. The van der Waals surface area contributed by atoms with Crippen LogP contribution >= 0.6 is 0 Å². The molecule has 0 aliphatic carbocycles. The molecule has 1 aliphatic rings. The van der Waals surface area contributed by atoms with Crippen LogP contribution in [0.2, 0.25) is 0 Å². The summed E-state index contributed by atoms with van der Waals surface area (Å²) in [6.45, 7) is 7.38. The predicted octanol–water partition coefficient (Wildman–Crippen LogP) is 2.77. The van der Waals surface area contributed by atoms with Crippen LogP contribution in [0.5, 0.6) is 0 Å². The number of morpholine rings is 1. The Bertz CT molecular complexity index is 1150. The molecule has 162 valence electrons. The van der Waals surface area contributed by atoms with E-state index in [1.807, 2.05) is 43.1 Å². The number of aryl methyl sites for hydroxylation is 2. The fourth-order valence-corrected chi connectivity index (χ4v) is 4.17. The van der Waals surface area contributed by atoms with E-state index in [1.54, 1.807) is 14.0 Å². The number of carbonyl (C=O) groups excluding carboxylic acids is 2. The molecular weight excluding hydrogens is 392 g/mol. The summed E-state index contributed by atoms with van der Waals surface area (Å²) in [7, 11) is 1.63. The Labute approximate surface area is 182 Å². The lowest BCUT2D eigenvalue weighted by Gasteiger charge is -2.32. The molecule has 1 aliphatic heterocycles. The largest absolute Gasteiger partial charge is 0.374 e. The van der Waals surface area contributed by atoms with Crippen molar-refractivity contribution < 1.29 is 14.3 Å². The second-order valence-corrected chi connectivity index (χ2v) is 8.11. The first kappa shape index (κ1) is 21.1. The normalized spacial score (nSPS) is 16.5. The molecule has 31 heavy (non-hydrogen) atoms. The van der Waals surface area contributed by atoms with E-state index < -0.39 is 0 Å². The third-order valence-electron chi connectivity index (χ3n) is 5.86. The highest BCUT2D eigenvalue weighted by Crippen LogP contribution is 2.30. The number of hydrogen-bond donors (Lipinski definition) is 1. The van der Waals surface area contributed by atoms with Crippen LogP contribution in [0.4, 0.5) is 0 Å². The highest BCUT2D eigenvalue weighted by molar-refractivity contribution is 5.95. The van der Waals surface area contributed by atoms with Gasteiger partial charge >= 0.3 is 0 Å². The van der Waals surface area contributed by atoms with E-state index in [1.165, 1.54) is 0 Å². The quantitative estimate of drug-likeness (QED) is 0.704. The molecule has 0 bridgehead atoms. The second kappa shape index (κ2) is 8.51. The van der Waals surface area contributed by atoms with Gasteiger partial charge in [0.15, 0.2) is 0 Å². The molecule has 0 unspecified atom stereocenters. The van der Waals surface area contributed by atoms with Crippen LogP contribution in [0.25, 0.3) is 16.9 Å². The Morgan fingerprint density at radius 2 is 2.03 bits per heavy atom. The lowest BCUT2D eigenvalue weighted by Crippen LogP contribution is -2.45. The summed E-state index contributed by atoms with van der Waals surface area (Å²) < 4.78 is 8.10. The van der Waals surface area contributed by atoms with Gasteiger partial charge in [0.25, 0.3) is 5.91 Å². The number of amides is 2. The number of nitrogens with one attached hydrogen (secondary N) is 1. The molecule has 3 heterocycles. The maximum absolute atomic E-state index is 12.0. The molecular formula is C24H28N4O3. The summed E-state index contributed by atoms with van der Waals surface area (Å²) >= 11 is 0. The van der Waals surface area contributed by atoms with Crippen molar-refractivity contribution in [2.45, 2.75) is 33.3 Å². The minimum atomic E-state index is -0.111. The van der Waals surface area contributed by atoms with Crippen molar-refractivity contribution in [1.82, 2.24) is 19.6 Å². The van der Waals surface area contributed by atoms with Gasteiger partial charge < -0.3 is 19.4 Å². The van der Waals surface area contributed by atoms with Gasteiger partial charge in [-0.05, 0) is 49.2 Å². The fraction of sp³-hybridized carbons (Fsp3) is 0.375. The summed E-state index contributed by atoms with van der Waals surface area (Å²) in [4.78, 5) is 30.7. The summed E-state index contributed by atoms with van der Waals surface area (Å²) in [5.41, 5.74) is 6.53. The fourth-order valence-electron chi connectivity index (χ4n) is 4.17. The Kier molecular flexibility index (Phi) is 5.78. The Hall–Kier alpha value is -3.19. The van der Waals surface area contributed by atoms with Gasteiger partial charge in [-0.1, -0.05) is 6.07 Å². The van der Waals surface area contributed by atoms with Crippen LogP contribution in [0.1, 0.15) is 34.1 Å². The molecule has 1 N–H and O–H groups in total. The van der Waals surface area contributed by atoms with Gasteiger partial charge in [-0.25, -0.2) is 4.98 Å². The maximum Gasteiger partial charge on any atom is 0.251 e. The van der Waals surface area contributed by atoms with Gasteiger partial charge in [0.1, 0.15) is 5.65 Å². The third kappa shape index (κ3) is 4.18. The zero-order valence-corrected chi connectivity index (χ0v) is 18.4. The molecule has 0 saturated carbocycles. The number of ether oxygens (including phenoxy) is 1. The first-order valence-corrected chi connectivity index (χ1v) is 10.5. The molecule has 2 amide bonds. The summed E-state index contributed by atoms with van der Waals surface area (Å²) in [5, 5.41) is 2.67. The summed E-state index contributed by atoms with van der Waals surface area (Å²) in [6, 6.07) is 9.80. The molecule has 0 radical (unpaired) electrons. The number of nitrogens with zero attached hydrogens (tertiary/aromatic N) is 3. The van der Waals surface area contributed by atoms with Gasteiger partial charge in [-0.15, -0.1) is 0 Å². The molecule has 1 aromatic carbocycles. The molecule has 3 aromatic rings. The minimum absolute atomic E-state index is 0.0722. The maximum atomic E-state index is 12.0. The lowest BCUT2D eigenvalue weighted by molar-refractivity contribution is -0.136. The van der Waals surface area contributed by atoms with Crippen LogP contribution in [-0.2, 0) is 16.0 Å². The highest BCUT2D eigenvalue weighted by Gasteiger charge is 2.26. The van der Waals surface area contributed by atoms with E-state index in [-0.39, 0.29) is 17.9 Å². The van der Waals surface area contributed by atoms with Crippen LogP contribution in [0.15, 0.2) is 36.5 Å². The molecule has 2 aromatic heterocycles. The van der Waals surface area contributed by atoms with E-state index in [0.29, 0.717) is 31.7 Å². The van der Waals surface area contributed by atoms with E-state index in [0.717, 1.165) is 33.7 Å². The Morgan fingerprint density at radius 3 is 2.74 bits per heavy atom. The lowest BCUT2D eigenvalue weighted by atomic mass is 9.99. The monoisotopic (exact) mass is 420 g/mol. The number of imidazole rings is 1. The zero-order valence-electron chi connectivity index (χ0n) is 18.4. The average Bonchev–Trinajstić information content (AvgIpc) is 3.10. The molecule has 4 rings (SSSR count). The second-order valence-electron chi connectivity index (χ2n) is 8.11. The number of hydrogen-bond acceptors (Lipinski definition) is 4. The van der Waals surface area contributed by atoms with E-state index in [2.05, 4.69) is 21.9 Å². The van der Waals surface area contributed by atoms with E-state index >= 15 is 0 Å². The number of fused-ring (bicyclic) bond motifs is 1. The van der Waals surface area contributed by atoms with Crippen molar-refractivity contribution in [2.24, 2.45) is 0 Å². The number of carbonyl (C=O) groups is 2. The van der Waals surface area contributed by atoms with Crippen molar-refractivity contribution in [3.05, 3.63) is 58.9 Å². The number of pyridine rings is 1. The predicted molar refractivity (Wildman–Crippen MR) is 119 cm³/mol. The van der Waals surface area contributed by atoms with Crippen LogP contribution < -0.4 is 5.32 Å². The van der Waals surface area contributed by atoms with Gasteiger partial charge in [0, 0.05) is 50.8 Å². The van der Waals surface area contributed by atoms with E-state index in [9.17, 15) is 9.59 Å². The third-order valence-corrected chi connectivity index (χ3v) is 5.86. The van der Waals surface area contributed by atoms with Gasteiger partial charge in [0.2, 0.25) is 5.91 Å². The van der Waals surface area contributed by atoms with E-state index in [4.69, 9.17) is 9.72 Å². The van der Waals surface area contributed by atoms with Crippen LogP contribution in [0, 0.1) is 13.8 Å². The molecule has 0 spiro atoms. The first-order valence-electron chi connectivity index (χ1n) is 10.5. The Balaban J connectivity index is 1.77. The SMILES string of the molecule is CNC(=O)c1ccc(-c2nc3cc(C)ccn3c2C[C@H]2CN(C(C)=O)CCO2)c(C)c1. The molecule has 7 heteroatoms. The van der Waals surface area contributed by atoms with Crippen molar-refractivity contribution in [1.29, 1.82) is 0 Å². The summed E-state index contributed by atoms with van der Waals surface area (Å²) in [6.07, 6.45) is 2.58. The molecule has 7 nitrogen and oxygen atoms in total. The standard InChI is InChI=1S/C24H28N4O3/c1-15-7-8-28-21(13-19-14-27(17(3)29)9-10-31-19)23(26-22(28)11-15)20-6-5-18(12-16(20)2)24(30)25-4/h5-8,11-12,19H,9-10,13-14H2,1-4H3,(H,25,30)/t19-/m0/s1.